The molecule has 1 rings (SSSR count). The zero-order valence-corrected chi connectivity index (χ0v) is 5.70. The molecule has 2 heteroatoms. The minimum absolute atomic E-state index is 0. The molecule has 0 saturated carbocycles. The highest BCUT2D eigenvalue weighted by atomic mass is 32.1. The first-order chi connectivity index (χ1) is 2.89. The van der Waals surface area contributed by atoms with Gasteiger partial charge < -0.3 is 5.32 Å². The van der Waals surface area contributed by atoms with Crippen molar-refractivity contribution in [3.8, 4) is 0 Å². The molecular formula is C5H13NS. The largest absolute Gasteiger partial charge is 0.316 e. The standard InChI is InChI=1S/C5H11N.H2S/c1-5-2-3-6-4-5;/h5-6H,2-4H2,1H3;1H2/t5-;/m0./s1. The maximum absolute atomic E-state index is 3.27. The van der Waals surface area contributed by atoms with Crippen LogP contribution in [0.2, 0.25) is 0 Å². The summed E-state index contributed by atoms with van der Waals surface area (Å²) >= 11 is 0. The first-order valence-electron chi connectivity index (χ1n) is 2.60. The number of hydrogen-bond donors (Lipinski definition) is 1. The van der Waals surface area contributed by atoms with Gasteiger partial charge in [0.25, 0.3) is 0 Å². The summed E-state index contributed by atoms with van der Waals surface area (Å²) in [5.41, 5.74) is 0. The smallest absolute Gasteiger partial charge is 0.00227 e. The first-order valence-corrected chi connectivity index (χ1v) is 2.60. The Morgan fingerprint density at radius 3 is 2.43 bits per heavy atom. The Hall–Kier alpha value is 0.310. The fraction of sp³-hybridized carbons (Fsp3) is 1.00. The fourth-order valence-electron chi connectivity index (χ4n) is 0.799. The Morgan fingerprint density at radius 2 is 2.29 bits per heavy atom. The third-order valence-electron chi connectivity index (χ3n) is 1.31. The summed E-state index contributed by atoms with van der Waals surface area (Å²) in [5.74, 6) is 0.935. The second-order valence-corrected chi connectivity index (χ2v) is 2.10. The van der Waals surface area contributed by atoms with Crippen molar-refractivity contribution < 1.29 is 0 Å². The highest BCUT2D eigenvalue weighted by Gasteiger charge is 2.06. The average molecular weight is 119 g/mol. The fourth-order valence-corrected chi connectivity index (χ4v) is 0.799. The Bertz CT molecular complexity index is 41.3. The highest BCUT2D eigenvalue weighted by Crippen LogP contribution is 2.03. The molecule has 0 spiro atoms. The lowest BCUT2D eigenvalue weighted by molar-refractivity contribution is 0.651. The van der Waals surface area contributed by atoms with E-state index in [9.17, 15) is 0 Å². The lowest BCUT2D eigenvalue weighted by Crippen LogP contribution is -2.06. The maximum Gasteiger partial charge on any atom is -0.00227 e. The van der Waals surface area contributed by atoms with E-state index in [0.29, 0.717) is 0 Å². The molecule has 0 aliphatic carbocycles. The maximum atomic E-state index is 3.27. The molecule has 0 aromatic heterocycles. The van der Waals surface area contributed by atoms with Crippen LogP contribution in [0.5, 0.6) is 0 Å². The van der Waals surface area contributed by atoms with Gasteiger partial charge >= 0.3 is 0 Å². The molecule has 0 amide bonds. The molecule has 1 heterocycles. The Labute approximate surface area is 51.9 Å². The quantitative estimate of drug-likeness (QED) is 0.495. The summed E-state index contributed by atoms with van der Waals surface area (Å²) in [6.45, 7) is 4.75. The van der Waals surface area contributed by atoms with E-state index in [-0.39, 0.29) is 13.5 Å². The molecule has 1 atom stereocenters. The van der Waals surface area contributed by atoms with Gasteiger partial charge in [0.15, 0.2) is 0 Å². The molecule has 0 bridgehead atoms. The van der Waals surface area contributed by atoms with Crippen LogP contribution in [-0.2, 0) is 0 Å². The number of rotatable bonds is 0. The monoisotopic (exact) mass is 119 g/mol. The predicted octanol–water partition coefficient (Wildman–Crippen LogP) is 0.729. The molecule has 0 unspecified atom stereocenters. The van der Waals surface area contributed by atoms with E-state index < -0.39 is 0 Å². The van der Waals surface area contributed by atoms with Gasteiger partial charge in [0.05, 0.1) is 0 Å². The van der Waals surface area contributed by atoms with Crippen molar-refractivity contribution in [2.24, 2.45) is 5.92 Å². The van der Waals surface area contributed by atoms with Crippen LogP contribution in [0.25, 0.3) is 0 Å². The summed E-state index contributed by atoms with van der Waals surface area (Å²) in [6.07, 6.45) is 1.38. The van der Waals surface area contributed by atoms with Crippen molar-refractivity contribution in [1.82, 2.24) is 5.32 Å². The topological polar surface area (TPSA) is 12.0 Å². The zero-order valence-electron chi connectivity index (χ0n) is 4.70. The van der Waals surface area contributed by atoms with Crippen LogP contribution in [0, 0.1) is 5.92 Å². The van der Waals surface area contributed by atoms with E-state index in [1.807, 2.05) is 0 Å². The molecular weight excluding hydrogens is 106 g/mol. The van der Waals surface area contributed by atoms with Crippen molar-refractivity contribution in [2.75, 3.05) is 13.1 Å². The molecule has 1 nitrogen and oxygen atoms in total. The molecule has 1 aliphatic rings. The zero-order chi connectivity index (χ0) is 4.41. The molecule has 7 heavy (non-hydrogen) atoms. The normalized spacial score (nSPS) is 29.6. The van der Waals surface area contributed by atoms with Gasteiger partial charge in [-0.05, 0) is 25.4 Å². The van der Waals surface area contributed by atoms with Crippen LogP contribution in [0.4, 0.5) is 0 Å². The van der Waals surface area contributed by atoms with E-state index in [1.165, 1.54) is 19.5 Å². The highest BCUT2D eigenvalue weighted by molar-refractivity contribution is 7.59. The van der Waals surface area contributed by atoms with Crippen LogP contribution in [0.3, 0.4) is 0 Å². The molecule has 44 valence electrons. The SMILES string of the molecule is C[C@H]1CCNC1.S. The van der Waals surface area contributed by atoms with E-state index >= 15 is 0 Å². The van der Waals surface area contributed by atoms with Crippen LogP contribution in [0.1, 0.15) is 13.3 Å². The first kappa shape index (κ1) is 7.31. The molecule has 1 N–H and O–H groups in total. The minimum atomic E-state index is 0. The van der Waals surface area contributed by atoms with Crippen molar-refractivity contribution in [2.45, 2.75) is 13.3 Å². The van der Waals surface area contributed by atoms with Crippen LogP contribution >= 0.6 is 13.5 Å². The van der Waals surface area contributed by atoms with Gasteiger partial charge in [-0.3, -0.25) is 0 Å². The number of nitrogens with one attached hydrogen (secondary N) is 1. The van der Waals surface area contributed by atoms with Gasteiger partial charge in [0.2, 0.25) is 0 Å². The van der Waals surface area contributed by atoms with Crippen LogP contribution in [0.15, 0.2) is 0 Å². The van der Waals surface area contributed by atoms with Crippen LogP contribution in [-0.4, -0.2) is 13.1 Å². The Kier molecular flexibility index (Phi) is 3.48. The van der Waals surface area contributed by atoms with Crippen molar-refractivity contribution in [3.05, 3.63) is 0 Å². The molecule has 1 saturated heterocycles. The summed E-state index contributed by atoms with van der Waals surface area (Å²) in [6, 6.07) is 0. The Balaban J connectivity index is 0.000000360. The van der Waals surface area contributed by atoms with Gasteiger partial charge in [-0.25, -0.2) is 0 Å². The molecule has 0 radical (unpaired) electrons. The van der Waals surface area contributed by atoms with E-state index in [2.05, 4.69) is 12.2 Å². The van der Waals surface area contributed by atoms with Gasteiger partial charge in [-0.1, -0.05) is 6.92 Å². The van der Waals surface area contributed by atoms with E-state index in [1.54, 1.807) is 0 Å². The second-order valence-electron chi connectivity index (χ2n) is 2.10. The molecule has 0 aromatic carbocycles. The number of hydrogen-bond acceptors (Lipinski definition) is 1. The molecule has 0 aromatic rings. The van der Waals surface area contributed by atoms with Gasteiger partial charge in [0, 0.05) is 0 Å². The molecule has 1 aliphatic heterocycles. The van der Waals surface area contributed by atoms with Crippen molar-refractivity contribution in [1.29, 1.82) is 0 Å². The summed E-state index contributed by atoms with van der Waals surface area (Å²) in [7, 11) is 0. The van der Waals surface area contributed by atoms with Crippen molar-refractivity contribution >= 4 is 13.5 Å². The van der Waals surface area contributed by atoms with Gasteiger partial charge in [-0.2, -0.15) is 13.5 Å². The third kappa shape index (κ3) is 2.19. The minimum Gasteiger partial charge on any atom is -0.316 e. The Morgan fingerprint density at radius 1 is 1.57 bits per heavy atom. The van der Waals surface area contributed by atoms with Crippen LogP contribution < -0.4 is 5.32 Å². The van der Waals surface area contributed by atoms with E-state index in [0.717, 1.165) is 5.92 Å². The van der Waals surface area contributed by atoms with E-state index in [4.69, 9.17) is 0 Å². The van der Waals surface area contributed by atoms with Gasteiger partial charge in [0.1, 0.15) is 0 Å². The average Bonchev–Trinajstić information content (AvgIpc) is 1.86. The van der Waals surface area contributed by atoms with Gasteiger partial charge in [-0.15, -0.1) is 0 Å². The lowest BCUT2D eigenvalue weighted by Gasteiger charge is -1.90. The summed E-state index contributed by atoms with van der Waals surface area (Å²) < 4.78 is 0. The summed E-state index contributed by atoms with van der Waals surface area (Å²) in [4.78, 5) is 0. The lowest BCUT2D eigenvalue weighted by atomic mass is 10.2. The van der Waals surface area contributed by atoms with Crippen molar-refractivity contribution in [3.63, 3.8) is 0 Å². The third-order valence-corrected chi connectivity index (χ3v) is 1.31. The second kappa shape index (κ2) is 3.33. The summed E-state index contributed by atoms with van der Waals surface area (Å²) in [5, 5.41) is 3.27. The molecule has 1 fully saturated rings. The predicted molar refractivity (Wildman–Crippen MR) is 37.0 cm³/mol.